The third-order valence-corrected chi connectivity index (χ3v) is 6.56. The van der Waals surface area contributed by atoms with Crippen molar-refractivity contribution in [2.45, 2.75) is 18.9 Å². The lowest BCUT2D eigenvalue weighted by atomic mass is 10.1. The zero-order chi connectivity index (χ0) is 23.1. The van der Waals surface area contributed by atoms with Crippen LogP contribution in [0.5, 0.6) is 0 Å². The molecule has 1 aliphatic carbocycles. The van der Waals surface area contributed by atoms with E-state index in [1.165, 1.54) is 25.0 Å². The lowest BCUT2D eigenvalue weighted by Crippen LogP contribution is -2.47. The molecule has 1 saturated carbocycles. The number of piperazine rings is 1. The number of anilines is 2. The molecule has 34 heavy (non-hydrogen) atoms. The van der Waals surface area contributed by atoms with Crippen molar-refractivity contribution < 1.29 is 12.0 Å². The highest BCUT2D eigenvalue weighted by atomic mass is 19.1. The van der Waals surface area contributed by atoms with Gasteiger partial charge >= 0.3 is 0 Å². The van der Waals surface area contributed by atoms with Crippen LogP contribution in [0, 0.1) is 5.82 Å². The molecule has 3 heterocycles. The van der Waals surface area contributed by atoms with E-state index in [9.17, 15) is 9.18 Å². The van der Waals surface area contributed by atoms with Gasteiger partial charge in [0, 0.05) is 52.0 Å². The van der Waals surface area contributed by atoms with Gasteiger partial charge in [-0.1, -0.05) is 0 Å². The van der Waals surface area contributed by atoms with Gasteiger partial charge in [-0.2, -0.15) is 10.3 Å². The van der Waals surface area contributed by atoms with Crippen LogP contribution in [0.15, 0.2) is 54.6 Å². The number of aromatic amines is 1. The van der Waals surface area contributed by atoms with Crippen LogP contribution in [0.4, 0.5) is 15.8 Å². The summed E-state index contributed by atoms with van der Waals surface area (Å²) in [5.41, 5.74) is 4.02. The largest absolute Gasteiger partial charge is 0.369 e. The highest BCUT2D eigenvalue weighted by molar-refractivity contribution is 6.05. The van der Waals surface area contributed by atoms with Crippen LogP contribution in [0.1, 0.15) is 26.1 Å². The second-order valence-corrected chi connectivity index (χ2v) is 8.81. The molecule has 1 amide bonds. The molecule has 0 radical (unpaired) electrons. The molecule has 0 atom stereocenters. The Morgan fingerprint density at radius 1 is 1.00 bits per heavy atom. The summed E-state index contributed by atoms with van der Waals surface area (Å²) in [4.78, 5) is 22.2. The number of nitrogens with zero attached hydrogens (tertiary/aromatic N) is 5. The van der Waals surface area contributed by atoms with Crippen molar-refractivity contribution in [2.24, 2.45) is 0 Å². The minimum Gasteiger partial charge on any atom is -0.369 e. The molecule has 2 aromatic carbocycles. The quantitative estimate of drug-likeness (QED) is 0.463. The van der Waals surface area contributed by atoms with E-state index >= 15 is 0 Å². The number of hydrogen-bond donors (Lipinski definition) is 2. The lowest BCUT2D eigenvalue weighted by Gasteiger charge is -2.36. The first-order chi connectivity index (χ1) is 16.6. The number of halogens is 1. The summed E-state index contributed by atoms with van der Waals surface area (Å²) < 4.78 is 14.5. The molecule has 0 bridgehead atoms. The Labute approximate surface area is 198 Å². The minimum atomic E-state index is -0.589. The molecule has 2 N–H and O–H groups in total. The van der Waals surface area contributed by atoms with Crippen molar-refractivity contribution in [1.29, 1.82) is 0 Å². The number of benzene rings is 2. The first-order valence-electron chi connectivity index (χ1n) is 11.5. The van der Waals surface area contributed by atoms with E-state index in [-0.39, 0.29) is 8.42 Å². The number of amides is 1. The maximum absolute atomic E-state index is 14.5. The molecule has 1 aliphatic heterocycles. The van der Waals surface area contributed by atoms with Crippen molar-refractivity contribution in [3.05, 3.63) is 66.0 Å². The molecule has 8 nitrogen and oxygen atoms in total. The number of rotatable bonds is 5. The van der Waals surface area contributed by atoms with Crippen molar-refractivity contribution in [2.75, 3.05) is 36.4 Å². The molecule has 0 spiro atoms. The van der Waals surface area contributed by atoms with Gasteiger partial charge in [0.2, 0.25) is 5.65 Å². The maximum Gasteiger partial charge on any atom is 0.258 e. The summed E-state index contributed by atoms with van der Waals surface area (Å²) in [7, 11) is 0. The summed E-state index contributed by atoms with van der Waals surface area (Å²) in [6.45, 7) is 4.21. The third kappa shape index (κ3) is 4.10. The van der Waals surface area contributed by atoms with Gasteiger partial charge in [-0.05, 0) is 67.4 Å². The SMILES string of the molecule is O=C(Nc1ccc(N2CCN(C3CC3)CC2)cc1)c1cc(-c2ccc3n[nH]nc3n2)ccc1F.[HH].[HH]. The van der Waals surface area contributed by atoms with Crippen molar-refractivity contribution >= 4 is 28.4 Å². The predicted molar refractivity (Wildman–Crippen MR) is 133 cm³/mol. The predicted octanol–water partition coefficient (Wildman–Crippen LogP) is 4.19. The minimum absolute atomic E-state index is 0. The van der Waals surface area contributed by atoms with Crippen LogP contribution in [0.25, 0.3) is 22.4 Å². The molecule has 2 aromatic heterocycles. The molecule has 2 aliphatic rings. The topological polar surface area (TPSA) is 90.0 Å². The van der Waals surface area contributed by atoms with E-state index in [0.29, 0.717) is 28.1 Å². The standard InChI is InChI=1S/C25H24FN7O.2H2/c26-21-8-1-16(22-9-10-23-24(28-22)30-31-29-23)15-20(21)25(34)27-17-2-4-18(5-3-17)32-11-13-33(14-12-32)19-6-7-19;;/h1-5,8-10,15,19H,6-7,11-14H2,(H,27,34)(H,28,29,30,31);2*1H. The van der Waals surface area contributed by atoms with E-state index in [1.807, 2.05) is 24.3 Å². The molecule has 1 saturated heterocycles. The molecule has 4 aromatic rings. The fraction of sp³-hybridized carbons (Fsp3) is 0.280. The van der Waals surface area contributed by atoms with Gasteiger partial charge in [-0.15, -0.1) is 5.10 Å². The van der Waals surface area contributed by atoms with E-state index < -0.39 is 11.7 Å². The Bertz CT molecular complexity index is 1350. The Kier molecular flexibility index (Phi) is 5.18. The van der Waals surface area contributed by atoms with Crippen LogP contribution >= 0.6 is 0 Å². The van der Waals surface area contributed by atoms with Crippen LogP contribution in [0.3, 0.4) is 0 Å². The maximum atomic E-state index is 14.5. The third-order valence-electron chi connectivity index (χ3n) is 6.56. The second-order valence-electron chi connectivity index (χ2n) is 8.81. The number of H-pyrrole nitrogens is 1. The monoisotopic (exact) mass is 461 g/mol. The van der Waals surface area contributed by atoms with E-state index in [4.69, 9.17) is 0 Å². The Hall–Kier alpha value is -3.85. The number of pyridine rings is 1. The Morgan fingerprint density at radius 2 is 1.79 bits per heavy atom. The molecule has 9 heteroatoms. The van der Waals surface area contributed by atoms with Gasteiger partial charge in [-0.3, -0.25) is 9.69 Å². The molecule has 176 valence electrons. The highest BCUT2D eigenvalue weighted by Gasteiger charge is 2.31. The van der Waals surface area contributed by atoms with Crippen LogP contribution < -0.4 is 10.2 Å². The molecule has 2 fully saturated rings. The molecule has 6 rings (SSSR count). The fourth-order valence-electron chi connectivity index (χ4n) is 4.50. The second kappa shape index (κ2) is 8.49. The number of nitrogens with one attached hydrogen (secondary N) is 2. The van der Waals surface area contributed by atoms with E-state index in [0.717, 1.165) is 37.9 Å². The smallest absolute Gasteiger partial charge is 0.258 e. The average Bonchev–Trinajstić information content (AvgIpc) is 3.62. The summed E-state index contributed by atoms with van der Waals surface area (Å²) in [5, 5.41) is 13.3. The average molecular weight is 462 g/mol. The zero-order valence-electron chi connectivity index (χ0n) is 18.5. The first-order valence-corrected chi connectivity index (χ1v) is 11.5. The van der Waals surface area contributed by atoms with E-state index in [2.05, 4.69) is 35.5 Å². The van der Waals surface area contributed by atoms with E-state index in [1.54, 1.807) is 18.2 Å². The summed E-state index contributed by atoms with van der Waals surface area (Å²) in [6, 6.07) is 16.5. The number of carbonyl (C=O) groups is 1. The first kappa shape index (κ1) is 20.7. The Morgan fingerprint density at radius 3 is 2.56 bits per heavy atom. The van der Waals surface area contributed by atoms with Gasteiger partial charge in [-0.25, -0.2) is 9.37 Å². The Balaban J connectivity index is 0.00000152. The zero-order valence-corrected chi connectivity index (χ0v) is 18.5. The summed E-state index contributed by atoms with van der Waals surface area (Å²) in [5.74, 6) is -1.10. The normalized spacial score (nSPS) is 16.7. The molecule has 0 unspecified atom stereocenters. The number of aromatic nitrogens is 4. The lowest BCUT2D eigenvalue weighted by molar-refractivity contribution is 0.102. The van der Waals surface area contributed by atoms with Crippen molar-refractivity contribution in [3.63, 3.8) is 0 Å². The summed E-state index contributed by atoms with van der Waals surface area (Å²) >= 11 is 0. The van der Waals surface area contributed by atoms with Gasteiger partial charge < -0.3 is 10.2 Å². The van der Waals surface area contributed by atoms with Crippen LogP contribution in [-0.4, -0.2) is 63.4 Å². The van der Waals surface area contributed by atoms with Gasteiger partial charge in [0.05, 0.1) is 11.3 Å². The number of carbonyl (C=O) groups excluding carboxylic acids is 1. The highest BCUT2D eigenvalue weighted by Crippen LogP contribution is 2.29. The van der Waals surface area contributed by atoms with Crippen LogP contribution in [0.2, 0.25) is 0 Å². The number of fused-ring (bicyclic) bond motifs is 1. The fourth-order valence-corrected chi connectivity index (χ4v) is 4.50. The molecular formula is C25H28FN7O. The summed E-state index contributed by atoms with van der Waals surface area (Å²) in [6.07, 6.45) is 2.68. The van der Waals surface area contributed by atoms with Crippen molar-refractivity contribution in [1.82, 2.24) is 25.3 Å². The number of hydrogen-bond acceptors (Lipinski definition) is 6. The van der Waals surface area contributed by atoms with Crippen molar-refractivity contribution in [3.8, 4) is 11.3 Å². The van der Waals surface area contributed by atoms with Gasteiger partial charge in [0.25, 0.3) is 5.91 Å². The van der Waals surface area contributed by atoms with Crippen LogP contribution in [-0.2, 0) is 0 Å². The molecular weight excluding hydrogens is 433 g/mol. The van der Waals surface area contributed by atoms with Gasteiger partial charge in [0.15, 0.2) is 0 Å². The van der Waals surface area contributed by atoms with Gasteiger partial charge in [0.1, 0.15) is 11.3 Å².